The van der Waals surface area contributed by atoms with Crippen LogP contribution < -0.4 is 5.43 Å². The molecule has 5 nitrogen and oxygen atoms in total. The number of hydrazone groups is 1. The number of para-hydroxylation sites is 1. The highest BCUT2D eigenvalue weighted by molar-refractivity contribution is 7.22. The van der Waals surface area contributed by atoms with Crippen LogP contribution in [0.3, 0.4) is 0 Å². The lowest BCUT2D eigenvalue weighted by Gasteiger charge is -2.15. The molecular formula is C14H10Cl3N3O2S. The van der Waals surface area contributed by atoms with Crippen molar-refractivity contribution >= 4 is 67.7 Å². The summed E-state index contributed by atoms with van der Waals surface area (Å²) >= 11 is 18.3. The Morgan fingerprint density at radius 3 is 2.78 bits per heavy atom. The van der Waals surface area contributed by atoms with Gasteiger partial charge in [-0.25, -0.2) is 4.98 Å². The molecule has 1 aromatic carbocycles. The van der Waals surface area contributed by atoms with E-state index < -0.39 is 9.90 Å². The van der Waals surface area contributed by atoms with Gasteiger partial charge < -0.3 is 9.52 Å². The van der Waals surface area contributed by atoms with Gasteiger partial charge in [0.2, 0.25) is 8.92 Å². The molecule has 0 unspecified atom stereocenters. The Hall–Kier alpha value is -1.31. The molecule has 2 aromatic heterocycles. The number of fused-ring (bicyclic) bond motifs is 1. The van der Waals surface area contributed by atoms with Gasteiger partial charge in [-0.2, -0.15) is 5.10 Å². The van der Waals surface area contributed by atoms with Crippen molar-refractivity contribution < 1.29 is 9.52 Å². The van der Waals surface area contributed by atoms with Crippen molar-refractivity contribution in [3.8, 4) is 0 Å². The maximum atomic E-state index is 9.80. The highest BCUT2D eigenvalue weighted by Gasteiger charge is 2.34. The average Bonchev–Trinajstić information content (AvgIpc) is 3.11. The number of anilines is 1. The molecule has 3 aromatic rings. The molecule has 0 amide bonds. The van der Waals surface area contributed by atoms with Crippen LogP contribution in [0, 0.1) is 0 Å². The van der Waals surface area contributed by atoms with Crippen molar-refractivity contribution in [1.82, 2.24) is 4.98 Å². The van der Waals surface area contributed by atoms with Gasteiger partial charge in [-0.15, -0.1) is 0 Å². The predicted octanol–water partition coefficient (Wildman–Crippen LogP) is 4.74. The monoisotopic (exact) mass is 389 g/mol. The lowest BCUT2D eigenvalue weighted by molar-refractivity contribution is 0.153. The largest absolute Gasteiger partial charge is 0.457 e. The summed E-state index contributed by atoms with van der Waals surface area (Å²) in [5.74, 6) is 0.549. The first-order chi connectivity index (χ1) is 10.9. The van der Waals surface area contributed by atoms with E-state index in [1.807, 2.05) is 24.3 Å². The third kappa shape index (κ3) is 3.97. The number of furan rings is 1. The Kier molecular flexibility index (Phi) is 4.79. The molecule has 1 atom stereocenters. The first-order valence-electron chi connectivity index (χ1n) is 6.42. The van der Waals surface area contributed by atoms with Crippen LogP contribution in [0.1, 0.15) is 17.6 Å². The molecular weight excluding hydrogens is 381 g/mol. The molecule has 2 N–H and O–H groups in total. The van der Waals surface area contributed by atoms with E-state index in [9.17, 15) is 5.11 Å². The number of thiazole rings is 1. The number of hydrogen-bond acceptors (Lipinski definition) is 6. The smallest absolute Gasteiger partial charge is 0.223 e. The molecule has 9 heteroatoms. The van der Waals surface area contributed by atoms with Crippen molar-refractivity contribution in [3.63, 3.8) is 0 Å². The quantitative estimate of drug-likeness (QED) is 0.383. The minimum absolute atomic E-state index is 0.145. The molecule has 3 rings (SSSR count). The fourth-order valence-electron chi connectivity index (χ4n) is 1.82. The number of rotatable bonds is 4. The van der Waals surface area contributed by atoms with E-state index in [1.54, 1.807) is 6.07 Å². The topological polar surface area (TPSA) is 70.7 Å². The van der Waals surface area contributed by atoms with E-state index in [-0.39, 0.29) is 5.76 Å². The lowest BCUT2D eigenvalue weighted by Crippen LogP contribution is -2.15. The summed E-state index contributed by atoms with van der Waals surface area (Å²) < 4.78 is 4.57. The van der Waals surface area contributed by atoms with Crippen LogP contribution in [0.2, 0.25) is 0 Å². The Labute approximate surface area is 150 Å². The molecule has 120 valence electrons. The normalized spacial score (nSPS) is 13.7. The zero-order valence-electron chi connectivity index (χ0n) is 11.4. The molecule has 0 aliphatic heterocycles. The molecule has 0 radical (unpaired) electrons. The standard InChI is InChI=1S/C14H10Cl3N3O2S/c15-14(16,17)12(21)10-6-5-8(22-10)7-18-20-13-19-9-3-1-2-4-11(9)23-13/h1-7,12,21H,(H,19,20)/b18-7-/t12-/m1/s1. The number of benzene rings is 1. The van der Waals surface area contributed by atoms with E-state index in [1.165, 1.54) is 23.6 Å². The summed E-state index contributed by atoms with van der Waals surface area (Å²) in [4.78, 5) is 4.38. The van der Waals surface area contributed by atoms with Gasteiger partial charge in [-0.05, 0) is 24.3 Å². The van der Waals surface area contributed by atoms with E-state index in [4.69, 9.17) is 39.2 Å². The molecule has 0 spiro atoms. The van der Waals surface area contributed by atoms with Crippen molar-refractivity contribution in [2.45, 2.75) is 9.90 Å². The second-order valence-corrected chi connectivity index (χ2v) is 7.94. The van der Waals surface area contributed by atoms with Gasteiger partial charge in [0.05, 0.1) is 16.4 Å². The van der Waals surface area contributed by atoms with Gasteiger partial charge in [-0.1, -0.05) is 58.3 Å². The van der Waals surface area contributed by atoms with Crippen molar-refractivity contribution in [3.05, 3.63) is 47.9 Å². The number of aliphatic hydroxyl groups is 1. The summed E-state index contributed by atoms with van der Waals surface area (Å²) in [5, 5.41) is 14.5. The summed E-state index contributed by atoms with van der Waals surface area (Å²) in [6.07, 6.45) is 0.0904. The molecule has 0 aliphatic carbocycles. The summed E-state index contributed by atoms with van der Waals surface area (Å²) in [5.41, 5.74) is 3.73. The van der Waals surface area contributed by atoms with E-state index in [2.05, 4.69) is 15.5 Å². The maximum Gasteiger partial charge on any atom is 0.223 e. The average molecular weight is 391 g/mol. The van der Waals surface area contributed by atoms with E-state index in [0.717, 1.165) is 10.2 Å². The SMILES string of the molecule is O[C@H](c1ccc(/C=N\Nc2nc3ccccc3s2)o1)C(Cl)(Cl)Cl. The first kappa shape index (κ1) is 16.5. The van der Waals surface area contributed by atoms with Gasteiger partial charge >= 0.3 is 0 Å². The van der Waals surface area contributed by atoms with Crippen molar-refractivity contribution in [1.29, 1.82) is 0 Å². The van der Waals surface area contributed by atoms with Crippen LogP contribution in [0.4, 0.5) is 5.13 Å². The van der Waals surface area contributed by atoms with Crippen LogP contribution in [-0.4, -0.2) is 20.1 Å². The summed E-state index contributed by atoms with van der Waals surface area (Å²) in [7, 11) is 0. The highest BCUT2D eigenvalue weighted by Crippen LogP contribution is 2.39. The fourth-order valence-corrected chi connectivity index (χ4v) is 2.96. The van der Waals surface area contributed by atoms with Gasteiger partial charge in [0.25, 0.3) is 0 Å². The predicted molar refractivity (Wildman–Crippen MR) is 94.8 cm³/mol. The van der Waals surface area contributed by atoms with Crippen molar-refractivity contribution in [2.24, 2.45) is 5.10 Å². The number of halogens is 3. The Bertz CT molecular complexity index is 808. The molecule has 0 bridgehead atoms. The van der Waals surface area contributed by atoms with Gasteiger partial charge in [0.1, 0.15) is 11.5 Å². The Morgan fingerprint density at radius 1 is 1.26 bits per heavy atom. The first-order valence-corrected chi connectivity index (χ1v) is 8.38. The molecule has 2 heterocycles. The number of aliphatic hydroxyl groups excluding tert-OH is 1. The molecule has 0 saturated carbocycles. The maximum absolute atomic E-state index is 9.80. The van der Waals surface area contributed by atoms with Gasteiger partial charge in [0, 0.05) is 0 Å². The summed E-state index contributed by atoms with van der Waals surface area (Å²) in [6, 6.07) is 10.9. The van der Waals surface area contributed by atoms with Crippen LogP contribution in [0.5, 0.6) is 0 Å². The minimum atomic E-state index is -1.86. The molecule has 23 heavy (non-hydrogen) atoms. The minimum Gasteiger partial charge on any atom is -0.457 e. The number of aromatic nitrogens is 1. The molecule has 0 aliphatic rings. The van der Waals surface area contributed by atoms with Gasteiger partial charge in [0.15, 0.2) is 6.10 Å². The number of nitrogens with one attached hydrogen (secondary N) is 1. The second-order valence-electron chi connectivity index (χ2n) is 4.54. The van der Waals surface area contributed by atoms with Gasteiger partial charge in [-0.3, -0.25) is 5.43 Å². The zero-order chi connectivity index (χ0) is 16.4. The van der Waals surface area contributed by atoms with Crippen LogP contribution in [-0.2, 0) is 0 Å². The number of alkyl halides is 3. The van der Waals surface area contributed by atoms with E-state index >= 15 is 0 Å². The lowest BCUT2D eigenvalue weighted by atomic mass is 10.3. The third-order valence-corrected chi connectivity index (χ3v) is 4.43. The summed E-state index contributed by atoms with van der Waals surface area (Å²) in [6.45, 7) is 0. The van der Waals surface area contributed by atoms with Crippen LogP contribution >= 0.6 is 46.1 Å². The van der Waals surface area contributed by atoms with E-state index in [0.29, 0.717) is 10.9 Å². The second kappa shape index (κ2) is 6.67. The molecule has 0 saturated heterocycles. The van der Waals surface area contributed by atoms with Crippen LogP contribution in [0.25, 0.3) is 10.2 Å². The third-order valence-electron chi connectivity index (χ3n) is 2.87. The Balaban J connectivity index is 1.67. The Morgan fingerprint density at radius 2 is 2.04 bits per heavy atom. The number of hydrogen-bond donors (Lipinski definition) is 2. The number of nitrogens with zero attached hydrogens (tertiary/aromatic N) is 2. The molecule has 0 fully saturated rings. The zero-order valence-corrected chi connectivity index (χ0v) is 14.5. The van der Waals surface area contributed by atoms with Crippen LogP contribution in [0.15, 0.2) is 45.9 Å². The fraction of sp³-hybridized carbons (Fsp3) is 0.143. The highest BCUT2D eigenvalue weighted by atomic mass is 35.6. The van der Waals surface area contributed by atoms with Crippen molar-refractivity contribution in [2.75, 3.05) is 5.43 Å².